The Morgan fingerprint density at radius 1 is 1.16 bits per heavy atom. The van der Waals surface area contributed by atoms with E-state index >= 15 is 0 Å². The second kappa shape index (κ2) is 10.4. The van der Waals surface area contributed by atoms with Crippen LogP contribution in [0.25, 0.3) is 0 Å². The van der Waals surface area contributed by atoms with E-state index in [1.807, 2.05) is 51.1 Å². The number of nitrogens with one attached hydrogen (secondary N) is 1. The number of hydrogen-bond donors (Lipinski definition) is 2. The van der Waals surface area contributed by atoms with Crippen molar-refractivity contribution >= 4 is 12.0 Å². The first-order chi connectivity index (χ1) is 15.2. The van der Waals surface area contributed by atoms with E-state index in [9.17, 15) is 14.7 Å². The van der Waals surface area contributed by atoms with E-state index in [0.29, 0.717) is 31.0 Å². The summed E-state index contributed by atoms with van der Waals surface area (Å²) in [5.41, 5.74) is 1.08. The van der Waals surface area contributed by atoms with Gasteiger partial charge in [0.1, 0.15) is 23.7 Å². The Hall–Kier alpha value is -3.22. The Labute approximate surface area is 189 Å². The number of alkyl carbamates (subject to hydrolysis) is 1. The topological polar surface area (TPSA) is 88.1 Å². The maximum atomic E-state index is 13.0. The molecule has 1 saturated heterocycles. The lowest BCUT2D eigenvalue weighted by molar-refractivity contribution is -0.131. The molecule has 0 unspecified atom stereocenters. The first kappa shape index (κ1) is 23.4. The molecule has 2 amide bonds. The fourth-order valence-corrected chi connectivity index (χ4v) is 3.65. The molecule has 3 rings (SSSR count). The van der Waals surface area contributed by atoms with Crippen LogP contribution in [0.1, 0.15) is 44.7 Å². The van der Waals surface area contributed by atoms with Crippen molar-refractivity contribution in [1.29, 1.82) is 0 Å². The van der Waals surface area contributed by atoms with Gasteiger partial charge in [0.25, 0.3) is 0 Å². The predicted molar refractivity (Wildman–Crippen MR) is 122 cm³/mol. The van der Waals surface area contributed by atoms with Gasteiger partial charge in [-0.1, -0.05) is 30.3 Å². The summed E-state index contributed by atoms with van der Waals surface area (Å²) in [6.07, 6.45) is 1.23. The highest BCUT2D eigenvalue weighted by atomic mass is 16.6. The van der Waals surface area contributed by atoms with Gasteiger partial charge in [0, 0.05) is 24.7 Å². The maximum absolute atomic E-state index is 13.0. The maximum Gasteiger partial charge on any atom is 0.407 e. The molecule has 1 atom stereocenters. The number of carbonyl (C=O) groups is 2. The van der Waals surface area contributed by atoms with Crippen LogP contribution >= 0.6 is 0 Å². The van der Waals surface area contributed by atoms with Crippen molar-refractivity contribution in [3.63, 3.8) is 0 Å². The zero-order valence-electron chi connectivity index (χ0n) is 19.0. The van der Waals surface area contributed by atoms with E-state index in [1.54, 1.807) is 23.1 Å². The smallest absolute Gasteiger partial charge is 0.407 e. The Morgan fingerprint density at radius 2 is 1.91 bits per heavy atom. The minimum atomic E-state index is -0.570. The van der Waals surface area contributed by atoms with E-state index < -0.39 is 11.7 Å². The molecule has 2 aromatic rings. The van der Waals surface area contributed by atoms with Crippen molar-refractivity contribution in [2.24, 2.45) is 0 Å². The van der Waals surface area contributed by atoms with E-state index in [-0.39, 0.29) is 24.1 Å². The number of hydrogen-bond acceptors (Lipinski definition) is 5. The summed E-state index contributed by atoms with van der Waals surface area (Å²) in [7, 11) is 0. The van der Waals surface area contributed by atoms with Crippen LogP contribution in [0.5, 0.6) is 11.5 Å². The number of likely N-dealkylation sites (tertiary alicyclic amines) is 1. The van der Waals surface area contributed by atoms with Crippen LogP contribution in [0.4, 0.5) is 4.79 Å². The number of rotatable bonds is 6. The molecule has 7 nitrogen and oxygen atoms in total. The average Bonchev–Trinajstić information content (AvgIpc) is 2.72. The number of piperidine rings is 1. The molecule has 32 heavy (non-hydrogen) atoms. The number of carbonyl (C=O) groups excluding carboxylic acids is 2. The molecule has 1 aliphatic heterocycles. The van der Waals surface area contributed by atoms with Crippen LogP contribution in [0, 0.1) is 0 Å². The summed E-state index contributed by atoms with van der Waals surface area (Å²) in [4.78, 5) is 26.8. The zero-order chi connectivity index (χ0) is 23.1. The van der Waals surface area contributed by atoms with Gasteiger partial charge in [-0.15, -0.1) is 0 Å². The van der Waals surface area contributed by atoms with E-state index in [1.165, 1.54) is 0 Å². The van der Waals surface area contributed by atoms with Gasteiger partial charge in [0.05, 0.1) is 6.42 Å². The van der Waals surface area contributed by atoms with Crippen molar-refractivity contribution in [3.8, 4) is 11.5 Å². The molecule has 1 fully saturated rings. The highest BCUT2D eigenvalue weighted by Crippen LogP contribution is 2.26. The van der Waals surface area contributed by atoms with Gasteiger partial charge >= 0.3 is 6.09 Å². The van der Waals surface area contributed by atoms with Crippen LogP contribution in [0.2, 0.25) is 0 Å². The molecular formula is C25H32N2O5. The third kappa shape index (κ3) is 7.18. The van der Waals surface area contributed by atoms with Crippen LogP contribution in [-0.2, 0) is 22.6 Å². The third-order valence-electron chi connectivity index (χ3n) is 5.12. The number of phenols is 1. The minimum Gasteiger partial charge on any atom is -0.508 e. The molecule has 0 aliphatic carbocycles. The number of amides is 2. The second-order valence-corrected chi connectivity index (χ2v) is 9.07. The highest BCUT2D eigenvalue weighted by Gasteiger charge is 2.27. The minimum absolute atomic E-state index is 0.0733. The van der Waals surface area contributed by atoms with E-state index in [4.69, 9.17) is 9.47 Å². The molecule has 1 heterocycles. The van der Waals surface area contributed by atoms with Gasteiger partial charge in [-0.25, -0.2) is 4.79 Å². The van der Waals surface area contributed by atoms with Gasteiger partial charge in [0.15, 0.2) is 0 Å². The first-order valence-corrected chi connectivity index (χ1v) is 11.0. The summed E-state index contributed by atoms with van der Waals surface area (Å²) >= 11 is 0. The molecule has 0 saturated carbocycles. The van der Waals surface area contributed by atoms with Crippen molar-refractivity contribution < 1.29 is 24.2 Å². The molecular weight excluding hydrogens is 408 g/mol. The quantitative estimate of drug-likeness (QED) is 0.708. The summed E-state index contributed by atoms with van der Waals surface area (Å²) < 4.78 is 11.3. The lowest BCUT2D eigenvalue weighted by atomic mass is 10.0. The fraction of sp³-hybridized carbons (Fsp3) is 0.440. The predicted octanol–water partition coefficient (Wildman–Crippen LogP) is 4.03. The van der Waals surface area contributed by atoms with Crippen LogP contribution in [0.3, 0.4) is 0 Å². The van der Waals surface area contributed by atoms with Crippen molar-refractivity contribution in [2.75, 3.05) is 13.1 Å². The van der Waals surface area contributed by atoms with Gasteiger partial charge in [-0.3, -0.25) is 4.79 Å². The molecule has 2 aromatic carbocycles. The summed E-state index contributed by atoms with van der Waals surface area (Å²) in [5.74, 6) is 0.583. The van der Waals surface area contributed by atoms with Crippen LogP contribution in [0.15, 0.2) is 48.5 Å². The number of phenolic OH excluding ortho intramolecular Hbond substituents is 1. The molecule has 0 bridgehead atoms. The molecule has 1 aliphatic rings. The zero-order valence-corrected chi connectivity index (χ0v) is 19.0. The number of aromatic hydroxyl groups is 1. The third-order valence-corrected chi connectivity index (χ3v) is 5.12. The second-order valence-electron chi connectivity index (χ2n) is 9.07. The molecule has 7 heteroatoms. The highest BCUT2D eigenvalue weighted by molar-refractivity contribution is 5.80. The molecule has 2 N–H and O–H groups in total. The van der Waals surface area contributed by atoms with Crippen molar-refractivity contribution in [3.05, 3.63) is 59.7 Å². The SMILES string of the molecule is CC(C)(C)OC(=O)N[C@@H]1CCCN(C(=O)Cc2cc(O)ccc2OCc2ccccc2)C1. The van der Waals surface area contributed by atoms with Crippen molar-refractivity contribution in [1.82, 2.24) is 10.2 Å². The molecule has 172 valence electrons. The Balaban J connectivity index is 1.61. The Morgan fingerprint density at radius 3 is 2.62 bits per heavy atom. The van der Waals surface area contributed by atoms with Gasteiger partial charge in [0.2, 0.25) is 5.91 Å². The summed E-state index contributed by atoms with van der Waals surface area (Å²) in [6, 6.07) is 14.4. The lowest BCUT2D eigenvalue weighted by Gasteiger charge is -2.33. The van der Waals surface area contributed by atoms with E-state index in [2.05, 4.69) is 5.32 Å². The van der Waals surface area contributed by atoms with Gasteiger partial charge in [-0.2, -0.15) is 0 Å². The van der Waals surface area contributed by atoms with E-state index in [0.717, 1.165) is 18.4 Å². The number of nitrogens with zero attached hydrogens (tertiary/aromatic N) is 1. The van der Waals surface area contributed by atoms with Gasteiger partial charge < -0.3 is 24.8 Å². The van der Waals surface area contributed by atoms with Gasteiger partial charge in [-0.05, 0) is 57.4 Å². The Kier molecular flexibility index (Phi) is 7.62. The molecule has 0 spiro atoms. The average molecular weight is 441 g/mol. The standard InChI is InChI=1S/C25H32N2O5/c1-25(2,3)32-24(30)26-20-10-7-13-27(16-20)23(29)15-19-14-21(28)11-12-22(19)31-17-18-8-5-4-6-9-18/h4-6,8-9,11-12,14,20,28H,7,10,13,15-17H2,1-3H3,(H,26,30)/t20-/m1/s1. The monoisotopic (exact) mass is 440 g/mol. The Bertz CT molecular complexity index is 924. The number of benzene rings is 2. The fourth-order valence-electron chi connectivity index (χ4n) is 3.65. The molecule has 0 radical (unpaired) electrons. The van der Waals surface area contributed by atoms with Crippen molar-refractivity contribution in [2.45, 2.75) is 58.3 Å². The molecule has 0 aromatic heterocycles. The first-order valence-electron chi connectivity index (χ1n) is 11.0. The van der Waals surface area contributed by atoms with Crippen LogP contribution < -0.4 is 10.1 Å². The summed E-state index contributed by atoms with van der Waals surface area (Å²) in [5, 5.41) is 12.8. The van der Waals surface area contributed by atoms with Crippen LogP contribution in [-0.4, -0.2) is 46.7 Å². The largest absolute Gasteiger partial charge is 0.508 e. The lowest BCUT2D eigenvalue weighted by Crippen LogP contribution is -2.50. The number of ether oxygens (including phenoxy) is 2. The summed E-state index contributed by atoms with van der Waals surface area (Å²) in [6.45, 7) is 6.88. The normalized spacial score (nSPS) is 16.3.